The third-order valence-corrected chi connectivity index (χ3v) is 4.94. The Bertz CT molecular complexity index is 458. The summed E-state index contributed by atoms with van der Waals surface area (Å²) in [4.78, 5) is 11.9. The van der Waals surface area contributed by atoms with E-state index in [0.29, 0.717) is 6.04 Å². The third kappa shape index (κ3) is 4.34. The van der Waals surface area contributed by atoms with Crippen molar-refractivity contribution in [1.82, 2.24) is 9.97 Å². The summed E-state index contributed by atoms with van der Waals surface area (Å²) < 4.78 is 0. The molecule has 1 aromatic rings. The normalized spacial score (nSPS) is 21.2. The molecule has 122 valence electrons. The van der Waals surface area contributed by atoms with Crippen molar-refractivity contribution in [3.63, 3.8) is 0 Å². The number of nitrogens with one attached hydrogen (secondary N) is 1. The molecule has 1 N–H and O–H groups in total. The van der Waals surface area contributed by atoms with Gasteiger partial charge in [-0.05, 0) is 32.6 Å². The van der Waals surface area contributed by atoms with Gasteiger partial charge in [-0.25, -0.2) is 4.98 Å². The topological polar surface area (TPSA) is 41.1 Å². The minimum atomic E-state index is 0.591. The van der Waals surface area contributed by atoms with Crippen LogP contribution in [0.4, 0.5) is 11.8 Å². The van der Waals surface area contributed by atoms with Crippen molar-refractivity contribution >= 4 is 11.8 Å². The van der Waals surface area contributed by atoms with E-state index >= 15 is 0 Å². The molecule has 0 aromatic carbocycles. The van der Waals surface area contributed by atoms with E-state index in [0.717, 1.165) is 30.5 Å². The zero-order valence-corrected chi connectivity index (χ0v) is 14.0. The maximum Gasteiger partial charge on any atom is 0.227 e. The molecule has 1 aromatic heterocycles. The predicted molar refractivity (Wildman–Crippen MR) is 92.6 cm³/mol. The first kappa shape index (κ1) is 15.6. The van der Waals surface area contributed by atoms with Gasteiger partial charge in [-0.1, -0.05) is 38.5 Å². The Balaban J connectivity index is 1.71. The smallest absolute Gasteiger partial charge is 0.227 e. The van der Waals surface area contributed by atoms with Crippen LogP contribution >= 0.6 is 0 Å². The molecule has 1 aliphatic heterocycles. The predicted octanol–water partition coefficient (Wildman–Crippen LogP) is 4.30. The van der Waals surface area contributed by atoms with Crippen molar-refractivity contribution < 1.29 is 0 Å². The second-order valence-corrected chi connectivity index (χ2v) is 6.93. The molecular formula is C18H30N4. The van der Waals surface area contributed by atoms with E-state index in [9.17, 15) is 0 Å². The van der Waals surface area contributed by atoms with E-state index < -0.39 is 0 Å². The average molecular weight is 302 g/mol. The van der Waals surface area contributed by atoms with E-state index in [1.165, 1.54) is 64.2 Å². The van der Waals surface area contributed by atoms with Gasteiger partial charge in [0.25, 0.3) is 0 Å². The summed E-state index contributed by atoms with van der Waals surface area (Å²) in [6.45, 7) is 4.29. The molecule has 0 radical (unpaired) electrons. The molecule has 22 heavy (non-hydrogen) atoms. The summed E-state index contributed by atoms with van der Waals surface area (Å²) in [6.07, 6.45) is 13.3. The number of anilines is 2. The Labute approximate surface area is 134 Å². The van der Waals surface area contributed by atoms with Crippen molar-refractivity contribution in [2.45, 2.75) is 77.2 Å². The Morgan fingerprint density at radius 1 is 0.909 bits per heavy atom. The van der Waals surface area contributed by atoms with Gasteiger partial charge in [0.1, 0.15) is 5.82 Å². The number of rotatable bonds is 3. The molecule has 2 aliphatic rings. The van der Waals surface area contributed by atoms with Gasteiger partial charge < -0.3 is 10.2 Å². The standard InChI is InChI=1S/C18H30N4/c1-15-14-17(20-16-10-6-2-3-7-11-16)21-18(19-15)22-12-8-4-5-9-13-22/h14,16H,2-13H2,1H3,(H,19,20,21). The molecule has 0 unspecified atom stereocenters. The van der Waals surface area contributed by atoms with Gasteiger partial charge in [0.05, 0.1) is 0 Å². The van der Waals surface area contributed by atoms with Gasteiger partial charge in [-0.15, -0.1) is 0 Å². The Morgan fingerprint density at radius 3 is 2.23 bits per heavy atom. The molecule has 2 fully saturated rings. The van der Waals surface area contributed by atoms with E-state index in [1.54, 1.807) is 0 Å². The van der Waals surface area contributed by atoms with Crippen molar-refractivity contribution in [1.29, 1.82) is 0 Å². The second-order valence-electron chi connectivity index (χ2n) is 6.93. The van der Waals surface area contributed by atoms with E-state index in [-0.39, 0.29) is 0 Å². The first-order valence-electron chi connectivity index (χ1n) is 9.18. The minimum Gasteiger partial charge on any atom is -0.367 e. The molecule has 0 spiro atoms. The second kappa shape index (κ2) is 7.80. The number of hydrogen-bond acceptors (Lipinski definition) is 4. The Kier molecular flexibility index (Phi) is 5.52. The lowest BCUT2D eigenvalue weighted by Crippen LogP contribution is -2.27. The summed E-state index contributed by atoms with van der Waals surface area (Å²) in [5, 5.41) is 3.68. The van der Waals surface area contributed by atoms with Crippen LogP contribution in [0.25, 0.3) is 0 Å². The maximum absolute atomic E-state index is 4.83. The fourth-order valence-corrected chi connectivity index (χ4v) is 3.67. The minimum absolute atomic E-state index is 0.591. The van der Waals surface area contributed by atoms with E-state index in [4.69, 9.17) is 4.98 Å². The van der Waals surface area contributed by atoms with Gasteiger partial charge in [0, 0.05) is 30.9 Å². The summed E-state index contributed by atoms with van der Waals surface area (Å²) in [5.41, 5.74) is 1.07. The van der Waals surface area contributed by atoms with Crippen LogP contribution in [0.5, 0.6) is 0 Å². The Morgan fingerprint density at radius 2 is 1.55 bits per heavy atom. The molecule has 0 amide bonds. The van der Waals surface area contributed by atoms with Crippen molar-refractivity contribution in [2.75, 3.05) is 23.3 Å². The lowest BCUT2D eigenvalue weighted by Gasteiger charge is -2.23. The number of nitrogens with zero attached hydrogens (tertiary/aromatic N) is 3. The number of aromatic nitrogens is 2. The number of hydrogen-bond donors (Lipinski definition) is 1. The molecule has 0 atom stereocenters. The van der Waals surface area contributed by atoms with Gasteiger partial charge in [-0.2, -0.15) is 4.98 Å². The molecule has 0 bridgehead atoms. The molecule has 1 saturated heterocycles. The van der Waals surface area contributed by atoms with Crippen LogP contribution in [-0.2, 0) is 0 Å². The van der Waals surface area contributed by atoms with Crippen molar-refractivity contribution in [3.8, 4) is 0 Å². The summed E-state index contributed by atoms with van der Waals surface area (Å²) in [5.74, 6) is 1.96. The maximum atomic E-state index is 4.83. The molecule has 4 heteroatoms. The molecule has 1 aliphatic carbocycles. The van der Waals surface area contributed by atoms with Crippen LogP contribution in [0.15, 0.2) is 6.07 Å². The SMILES string of the molecule is Cc1cc(NC2CCCCCC2)nc(N2CCCCCC2)n1. The quantitative estimate of drug-likeness (QED) is 0.845. The monoisotopic (exact) mass is 302 g/mol. The zero-order chi connectivity index (χ0) is 15.2. The lowest BCUT2D eigenvalue weighted by atomic mass is 10.1. The van der Waals surface area contributed by atoms with E-state index in [1.807, 2.05) is 0 Å². The van der Waals surface area contributed by atoms with Crippen LogP contribution in [-0.4, -0.2) is 29.1 Å². The van der Waals surface area contributed by atoms with Crippen LogP contribution < -0.4 is 10.2 Å². The summed E-state index contributed by atoms with van der Waals surface area (Å²) in [7, 11) is 0. The highest BCUT2D eigenvalue weighted by Crippen LogP contribution is 2.22. The van der Waals surface area contributed by atoms with Gasteiger partial charge in [-0.3, -0.25) is 0 Å². The third-order valence-electron chi connectivity index (χ3n) is 4.94. The molecule has 3 rings (SSSR count). The van der Waals surface area contributed by atoms with Crippen LogP contribution in [0, 0.1) is 6.92 Å². The van der Waals surface area contributed by atoms with Crippen LogP contribution in [0.2, 0.25) is 0 Å². The highest BCUT2D eigenvalue weighted by Gasteiger charge is 2.16. The van der Waals surface area contributed by atoms with E-state index in [2.05, 4.69) is 28.2 Å². The molecule has 1 saturated carbocycles. The van der Waals surface area contributed by atoms with Gasteiger partial charge >= 0.3 is 0 Å². The number of aryl methyl sites for hydroxylation is 1. The van der Waals surface area contributed by atoms with Gasteiger partial charge in [0.15, 0.2) is 0 Å². The fraction of sp³-hybridized carbons (Fsp3) is 0.778. The van der Waals surface area contributed by atoms with Crippen molar-refractivity contribution in [2.24, 2.45) is 0 Å². The van der Waals surface area contributed by atoms with Crippen LogP contribution in [0.1, 0.15) is 69.9 Å². The van der Waals surface area contributed by atoms with Crippen molar-refractivity contribution in [3.05, 3.63) is 11.8 Å². The highest BCUT2D eigenvalue weighted by molar-refractivity contribution is 5.44. The zero-order valence-electron chi connectivity index (χ0n) is 14.0. The molecule has 4 nitrogen and oxygen atoms in total. The first-order chi connectivity index (χ1) is 10.8. The fourth-order valence-electron chi connectivity index (χ4n) is 3.67. The van der Waals surface area contributed by atoms with Gasteiger partial charge in [0.2, 0.25) is 5.95 Å². The summed E-state index contributed by atoms with van der Waals surface area (Å²) >= 11 is 0. The first-order valence-corrected chi connectivity index (χ1v) is 9.18. The van der Waals surface area contributed by atoms with Crippen LogP contribution in [0.3, 0.4) is 0 Å². The molecular weight excluding hydrogens is 272 g/mol. The largest absolute Gasteiger partial charge is 0.367 e. The highest BCUT2D eigenvalue weighted by atomic mass is 15.3. The average Bonchev–Trinajstić information content (AvgIpc) is 2.91. The molecule has 2 heterocycles. The lowest BCUT2D eigenvalue weighted by molar-refractivity contribution is 0.617. The summed E-state index contributed by atoms with van der Waals surface area (Å²) in [6, 6.07) is 2.69. The Hall–Kier alpha value is -1.32.